The zero-order chi connectivity index (χ0) is 13.1. The van der Waals surface area contributed by atoms with Crippen LogP contribution in [-0.4, -0.2) is 7.05 Å². The monoisotopic (exact) mass is 263 g/mol. The van der Waals surface area contributed by atoms with E-state index in [0.717, 1.165) is 28.8 Å². The topological polar surface area (TPSA) is 12.0 Å². The minimum atomic E-state index is -0.236. The number of halogens is 2. The van der Waals surface area contributed by atoms with Crippen molar-refractivity contribution in [2.75, 3.05) is 7.05 Å². The molecule has 0 saturated heterocycles. The molecule has 0 radical (unpaired) electrons. The van der Waals surface area contributed by atoms with E-state index in [-0.39, 0.29) is 5.82 Å². The predicted octanol–water partition coefficient (Wildman–Crippen LogP) is 4.17. The van der Waals surface area contributed by atoms with Crippen LogP contribution in [0, 0.1) is 12.7 Å². The standard InChI is InChI=1S/C15H15ClFN/c1-10-5-12(8-13(17)6-10)14-4-3-11(9-18-2)7-15(14)16/h3-8,18H,9H2,1-2H3. The highest BCUT2D eigenvalue weighted by molar-refractivity contribution is 6.33. The van der Waals surface area contributed by atoms with Gasteiger partial charge in [-0.2, -0.15) is 0 Å². The first-order valence-electron chi connectivity index (χ1n) is 5.81. The Hall–Kier alpha value is -1.38. The maximum absolute atomic E-state index is 13.4. The number of nitrogens with one attached hydrogen (secondary N) is 1. The third-order valence-corrected chi connectivity index (χ3v) is 3.08. The molecule has 2 aromatic carbocycles. The van der Waals surface area contributed by atoms with E-state index in [1.54, 1.807) is 0 Å². The highest BCUT2D eigenvalue weighted by atomic mass is 35.5. The van der Waals surface area contributed by atoms with Gasteiger partial charge in [-0.05, 0) is 48.9 Å². The Labute approximate surface area is 112 Å². The van der Waals surface area contributed by atoms with Crippen molar-refractivity contribution in [3.05, 3.63) is 58.4 Å². The van der Waals surface area contributed by atoms with E-state index in [4.69, 9.17) is 11.6 Å². The third-order valence-electron chi connectivity index (χ3n) is 2.77. The van der Waals surface area contributed by atoms with E-state index in [0.29, 0.717) is 5.02 Å². The van der Waals surface area contributed by atoms with Gasteiger partial charge in [0.1, 0.15) is 5.82 Å². The molecule has 1 nitrogen and oxygen atoms in total. The Morgan fingerprint density at radius 3 is 2.56 bits per heavy atom. The lowest BCUT2D eigenvalue weighted by Crippen LogP contribution is -2.04. The molecule has 0 unspecified atom stereocenters. The van der Waals surface area contributed by atoms with E-state index in [1.807, 2.05) is 38.2 Å². The zero-order valence-electron chi connectivity index (χ0n) is 10.4. The van der Waals surface area contributed by atoms with Gasteiger partial charge in [0.15, 0.2) is 0 Å². The van der Waals surface area contributed by atoms with Gasteiger partial charge in [0.25, 0.3) is 0 Å². The minimum absolute atomic E-state index is 0.236. The summed E-state index contributed by atoms with van der Waals surface area (Å²) in [6, 6.07) is 10.8. The second-order valence-corrected chi connectivity index (χ2v) is 4.77. The van der Waals surface area contributed by atoms with Crippen LogP contribution in [0.3, 0.4) is 0 Å². The fourth-order valence-corrected chi connectivity index (χ4v) is 2.31. The van der Waals surface area contributed by atoms with Gasteiger partial charge in [-0.15, -0.1) is 0 Å². The van der Waals surface area contributed by atoms with Gasteiger partial charge < -0.3 is 5.32 Å². The Morgan fingerprint density at radius 2 is 1.94 bits per heavy atom. The van der Waals surface area contributed by atoms with E-state index in [9.17, 15) is 4.39 Å². The molecular formula is C15H15ClFN. The molecule has 2 rings (SSSR count). The van der Waals surface area contributed by atoms with Crippen LogP contribution in [0.25, 0.3) is 11.1 Å². The Bertz CT molecular complexity index is 546. The first-order chi connectivity index (χ1) is 8.60. The van der Waals surface area contributed by atoms with E-state index >= 15 is 0 Å². The van der Waals surface area contributed by atoms with E-state index < -0.39 is 0 Å². The first-order valence-corrected chi connectivity index (χ1v) is 6.18. The predicted molar refractivity (Wildman–Crippen MR) is 74.3 cm³/mol. The summed E-state index contributed by atoms with van der Waals surface area (Å²) in [5.41, 5.74) is 3.67. The SMILES string of the molecule is CNCc1ccc(-c2cc(C)cc(F)c2)c(Cl)c1. The van der Waals surface area contributed by atoms with Crippen molar-refractivity contribution in [1.29, 1.82) is 0 Å². The highest BCUT2D eigenvalue weighted by Crippen LogP contribution is 2.30. The molecule has 0 bridgehead atoms. The maximum atomic E-state index is 13.4. The average Bonchev–Trinajstić information content (AvgIpc) is 2.28. The Kier molecular flexibility index (Phi) is 4.00. The molecule has 0 spiro atoms. The fourth-order valence-electron chi connectivity index (χ4n) is 2.00. The van der Waals surface area contributed by atoms with Gasteiger partial charge in [-0.3, -0.25) is 0 Å². The molecule has 3 heteroatoms. The van der Waals surface area contributed by atoms with Crippen LogP contribution in [0.1, 0.15) is 11.1 Å². The maximum Gasteiger partial charge on any atom is 0.124 e. The normalized spacial score (nSPS) is 10.7. The Balaban J connectivity index is 2.44. The molecule has 2 aromatic rings. The molecule has 0 fully saturated rings. The van der Waals surface area contributed by atoms with Gasteiger partial charge in [0, 0.05) is 17.1 Å². The number of rotatable bonds is 3. The molecule has 0 aliphatic rings. The second kappa shape index (κ2) is 5.51. The highest BCUT2D eigenvalue weighted by Gasteiger charge is 2.06. The number of aryl methyl sites for hydroxylation is 1. The van der Waals surface area contributed by atoms with Gasteiger partial charge in [0.05, 0.1) is 0 Å². The smallest absolute Gasteiger partial charge is 0.124 e. The van der Waals surface area contributed by atoms with Crippen LogP contribution < -0.4 is 5.32 Å². The molecule has 0 atom stereocenters. The average molecular weight is 264 g/mol. The molecule has 1 N–H and O–H groups in total. The zero-order valence-corrected chi connectivity index (χ0v) is 11.2. The van der Waals surface area contributed by atoms with Gasteiger partial charge in [0.2, 0.25) is 0 Å². The number of hydrogen-bond donors (Lipinski definition) is 1. The van der Waals surface area contributed by atoms with Crippen molar-refractivity contribution in [2.24, 2.45) is 0 Å². The quantitative estimate of drug-likeness (QED) is 0.876. The Morgan fingerprint density at radius 1 is 1.17 bits per heavy atom. The third kappa shape index (κ3) is 2.89. The van der Waals surface area contributed by atoms with Crippen LogP contribution in [-0.2, 0) is 6.54 Å². The largest absolute Gasteiger partial charge is 0.316 e. The molecule has 0 heterocycles. The van der Waals surface area contributed by atoms with Crippen LogP contribution in [0.2, 0.25) is 5.02 Å². The van der Waals surface area contributed by atoms with Crippen molar-refractivity contribution >= 4 is 11.6 Å². The summed E-state index contributed by atoms with van der Waals surface area (Å²) in [7, 11) is 1.89. The summed E-state index contributed by atoms with van der Waals surface area (Å²) in [6.45, 7) is 2.64. The van der Waals surface area contributed by atoms with Crippen LogP contribution in [0.5, 0.6) is 0 Å². The number of benzene rings is 2. The van der Waals surface area contributed by atoms with Gasteiger partial charge in [-0.25, -0.2) is 4.39 Å². The van der Waals surface area contributed by atoms with Crippen LogP contribution in [0.15, 0.2) is 36.4 Å². The summed E-state index contributed by atoms with van der Waals surface area (Å²) in [4.78, 5) is 0. The molecule has 0 aromatic heterocycles. The molecule has 94 valence electrons. The second-order valence-electron chi connectivity index (χ2n) is 4.36. The van der Waals surface area contributed by atoms with Gasteiger partial charge >= 0.3 is 0 Å². The molecule has 0 saturated carbocycles. The molecule has 0 amide bonds. The summed E-state index contributed by atoms with van der Waals surface area (Å²) < 4.78 is 13.4. The minimum Gasteiger partial charge on any atom is -0.316 e. The van der Waals surface area contributed by atoms with Crippen LogP contribution >= 0.6 is 11.6 Å². The lowest BCUT2D eigenvalue weighted by molar-refractivity contribution is 0.627. The van der Waals surface area contributed by atoms with Gasteiger partial charge in [-0.1, -0.05) is 29.8 Å². The summed E-state index contributed by atoms with van der Waals surface area (Å²) in [6.07, 6.45) is 0. The fraction of sp³-hybridized carbons (Fsp3) is 0.200. The first kappa shape index (κ1) is 13.1. The molecular weight excluding hydrogens is 249 g/mol. The lowest BCUT2D eigenvalue weighted by Gasteiger charge is -2.08. The van der Waals surface area contributed by atoms with Crippen molar-refractivity contribution in [3.8, 4) is 11.1 Å². The number of hydrogen-bond acceptors (Lipinski definition) is 1. The molecule has 0 aliphatic heterocycles. The van der Waals surface area contributed by atoms with E-state index in [2.05, 4.69) is 5.32 Å². The molecule has 18 heavy (non-hydrogen) atoms. The van der Waals surface area contributed by atoms with Crippen LogP contribution in [0.4, 0.5) is 4.39 Å². The van der Waals surface area contributed by atoms with Crippen molar-refractivity contribution < 1.29 is 4.39 Å². The lowest BCUT2D eigenvalue weighted by atomic mass is 10.0. The van der Waals surface area contributed by atoms with E-state index in [1.165, 1.54) is 12.1 Å². The molecule has 0 aliphatic carbocycles. The summed E-state index contributed by atoms with van der Waals surface area (Å²) in [5.74, 6) is -0.236. The summed E-state index contributed by atoms with van der Waals surface area (Å²) in [5, 5.41) is 3.72. The van der Waals surface area contributed by atoms with Crippen molar-refractivity contribution in [1.82, 2.24) is 5.32 Å². The van der Waals surface area contributed by atoms with Crippen molar-refractivity contribution in [2.45, 2.75) is 13.5 Å². The summed E-state index contributed by atoms with van der Waals surface area (Å²) >= 11 is 6.25. The van der Waals surface area contributed by atoms with Crippen molar-refractivity contribution in [3.63, 3.8) is 0 Å².